The summed E-state index contributed by atoms with van der Waals surface area (Å²) in [4.78, 5) is 4.87. The highest BCUT2D eigenvalue weighted by Gasteiger charge is 2.30. The number of hydrogen-bond acceptors (Lipinski definition) is 3. The van der Waals surface area contributed by atoms with Crippen LogP contribution in [0.3, 0.4) is 0 Å². The summed E-state index contributed by atoms with van der Waals surface area (Å²) in [6.45, 7) is 12.8. The van der Waals surface area contributed by atoms with Gasteiger partial charge in [-0.1, -0.05) is 44.2 Å². The largest absolute Gasteiger partial charge is 0.498 e. The van der Waals surface area contributed by atoms with Crippen LogP contribution in [0.1, 0.15) is 44.9 Å². The lowest BCUT2D eigenvalue weighted by Gasteiger charge is -2.42. The van der Waals surface area contributed by atoms with Crippen molar-refractivity contribution in [3.63, 3.8) is 0 Å². The third kappa shape index (κ3) is 5.84. The summed E-state index contributed by atoms with van der Waals surface area (Å²) in [5.41, 5.74) is 4.58. The maximum atomic E-state index is 13.6. The molecule has 0 N–H and O–H groups in total. The fraction of sp³-hybridized carbons (Fsp3) is 0.400. The highest BCUT2D eigenvalue weighted by molar-refractivity contribution is 5.36. The average Bonchev–Trinajstić information content (AvgIpc) is 3.02. The van der Waals surface area contributed by atoms with Gasteiger partial charge in [-0.2, -0.15) is 0 Å². The summed E-state index contributed by atoms with van der Waals surface area (Å²) in [6, 6.07) is 13.3. The number of piperazine rings is 1. The van der Waals surface area contributed by atoms with Gasteiger partial charge in [-0.25, -0.2) is 8.78 Å². The highest BCUT2D eigenvalue weighted by Crippen LogP contribution is 2.34. The first-order valence-electron chi connectivity index (χ1n) is 12.6. The third-order valence-electron chi connectivity index (χ3n) is 7.02. The molecule has 0 aromatic heterocycles. The van der Waals surface area contributed by atoms with Crippen LogP contribution in [-0.4, -0.2) is 42.6 Å². The fourth-order valence-corrected chi connectivity index (χ4v) is 5.02. The molecule has 0 spiro atoms. The van der Waals surface area contributed by atoms with Crippen LogP contribution in [0.25, 0.3) is 0 Å². The summed E-state index contributed by atoms with van der Waals surface area (Å²) in [7, 11) is 0. The first-order chi connectivity index (χ1) is 16.9. The molecule has 1 atom stereocenters. The fourth-order valence-electron chi connectivity index (χ4n) is 5.02. The number of benzene rings is 2. The number of halogens is 2. The van der Waals surface area contributed by atoms with Crippen molar-refractivity contribution in [3.05, 3.63) is 107 Å². The predicted octanol–water partition coefficient (Wildman–Crippen LogP) is 6.71. The molecule has 0 saturated carbocycles. The van der Waals surface area contributed by atoms with Gasteiger partial charge in [0.25, 0.3) is 0 Å². The lowest BCUT2D eigenvalue weighted by atomic mass is 9.96. The topological polar surface area (TPSA) is 15.7 Å². The van der Waals surface area contributed by atoms with E-state index in [0.717, 1.165) is 43.1 Å². The summed E-state index contributed by atoms with van der Waals surface area (Å²) < 4.78 is 33.3. The van der Waals surface area contributed by atoms with Crippen LogP contribution in [0.5, 0.6) is 0 Å². The quantitative estimate of drug-likeness (QED) is 0.440. The van der Waals surface area contributed by atoms with Gasteiger partial charge in [-0.05, 0) is 72.9 Å². The molecule has 2 aliphatic rings. The Labute approximate surface area is 208 Å². The maximum Gasteiger partial charge on any atom is 0.123 e. The minimum atomic E-state index is -0.252. The van der Waals surface area contributed by atoms with E-state index in [4.69, 9.17) is 4.74 Å². The van der Waals surface area contributed by atoms with Gasteiger partial charge < -0.3 is 9.64 Å². The molecule has 1 unspecified atom stereocenters. The van der Waals surface area contributed by atoms with E-state index in [-0.39, 0.29) is 23.6 Å². The third-order valence-corrected chi connectivity index (χ3v) is 7.02. The maximum absolute atomic E-state index is 13.6. The number of ether oxygens (including phenoxy) is 1. The molecule has 1 heterocycles. The van der Waals surface area contributed by atoms with Crippen molar-refractivity contribution in [2.24, 2.45) is 11.8 Å². The minimum absolute atomic E-state index is 0.0507. The second-order valence-electron chi connectivity index (χ2n) is 9.64. The van der Waals surface area contributed by atoms with Crippen LogP contribution in [0.15, 0.2) is 83.8 Å². The smallest absolute Gasteiger partial charge is 0.123 e. The Morgan fingerprint density at radius 3 is 1.89 bits per heavy atom. The molecule has 0 amide bonds. The van der Waals surface area contributed by atoms with Crippen molar-refractivity contribution in [2.75, 3.05) is 32.8 Å². The van der Waals surface area contributed by atoms with Crippen LogP contribution < -0.4 is 0 Å². The van der Waals surface area contributed by atoms with Gasteiger partial charge in [0.2, 0.25) is 0 Å². The van der Waals surface area contributed by atoms with Crippen LogP contribution in [0.2, 0.25) is 0 Å². The second kappa shape index (κ2) is 11.2. The molecule has 1 aliphatic carbocycles. The summed E-state index contributed by atoms with van der Waals surface area (Å²) >= 11 is 0. The van der Waals surface area contributed by atoms with Gasteiger partial charge in [0.1, 0.15) is 17.4 Å². The molecule has 2 aromatic rings. The molecule has 5 heteroatoms. The molecule has 1 saturated heterocycles. The van der Waals surface area contributed by atoms with E-state index in [9.17, 15) is 8.78 Å². The molecule has 4 rings (SSSR count). The van der Waals surface area contributed by atoms with Gasteiger partial charge in [-0.3, -0.25) is 4.90 Å². The van der Waals surface area contributed by atoms with Crippen LogP contribution in [0.4, 0.5) is 8.78 Å². The normalized spacial score (nSPS) is 19.4. The number of hydrogen-bond donors (Lipinski definition) is 0. The van der Waals surface area contributed by atoms with Gasteiger partial charge >= 0.3 is 0 Å². The summed E-state index contributed by atoms with van der Waals surface area (Å²) in [5.74, 6) is 1.13. The second-order valence-corrected chi connectivity index (χ2v) is 9.64. The van der Waals surface area contributed by atoms with Crippen molar-refractivity contribution in [2.45, 2.75) is 33.7 Å². The molecule has 0 bridgehead atoms. The Balaban J connectivity index is 1.56. The van der Waals surface area contributed by atoms with Gasteiger partial charge in [0.15, 0.2) is 0 Å². The van der Waals surface area contributed by atoms with E-state index < -0.39 is 0 Å². The summed E-state index contributed by atoms with van der Waals surface area (Å²) in [5, 5.41) is 0. The standard InChI is InChI=1S/C30H36F2N2O/c1-5-35-29-20-25(21(2)3)10-15-28(22(29)4)33-16-18-34(19-17-33)30(23-6-11-26(31)12-7-23)24-8-13-27(32)14-9-24/h6-15,20-22,30H,5,16-19H2,1-4H3. The molecular weight excluding hydrogens is 442 g/mol. The zero-order valence-corrected chi connectivity index (χ0v) is 21.2. The van der Waals surface area contributed by atoms with E-state index >= 15 is 0 Å². The number of allylic oxidation sites excluding steroid dienone is 4. The Hall–Kier alpha value is -2.92. The van der Waals surface area contributed by atoms with Crippen LogP contribution in [-0.2, 0) is 4.74 Å². The number of nitrogens with zero attached hydrogens (tertiary/aromatic N) is 2. The Kier molecular flexibility index (Phi) is 8.07. The van der Waals surface area contributed by atoms with Crippen molar-refractivity contribution in [1.82, 2.24) is 9.80 Å². The Bertz CT molecular complexity index is 1030. The van der Waals surface area contributed by atoms with Gasteiger partial charge in [-0.15, -0.1) is 0 Å². The molecule has 35 heavy (non-hydrogen) atoms. The monoisotopic (exact) mass is 478 g/mol. The summed E-state index contributed by atoms with van der Waals surface area (Å²) in [6.07, 6.45) is 6.70. The molecule has 1 aliphatic heterocycles. The van der Waals surface area contributed by atoms with Crippen molar-refractivity contribution in [1.29, 1.82) is 0 Å². The first-order valence-corrected chi connectivity index (χ1v) is 12.6. The van der Waals surface area contributed by atoms with E-state index in [0.29, 0.717) is 12.5 Å². The molecule has 2 aromatic carbocycles. The predicted molar refractivity (Wildman–Crippen MR) is 138 cm³/mol. The zero-order chi connectivity index (χ0) is 24.9. The van der Waals surface area contributed by atoms with E-state index in [1.54, 1.807) is 0 Å². The van der Waals surface area contributed by atoms with Crippen molar-refractivity contribution >= 4 is 0 Å². The van der Waals surface area contributed by atoms with Gasteiger partial charge in [0.05, 0.1) is 18.6 Å². The Morgan fingerprint density at radius 2 is 1.40 bits per heavy atom. The van der Waals surface area contributed by atoms with Crippen molar-refractivity contribution in [3.8, 4) is 0 Å². The molecule has 1 fully saturated rings. The van der Waals surface area contributed by atoms with Gasteiger partial charge in [0, 0.05) is 31.9 Å². The van der Waals surface area contributed by atoms with E-state index in [1.165, 1.54) is 35.5 Å². The minimum Gasteiger partial charge on any atom is -0.498 e. The van der Waals surface area contributed by atoms with Crippen LogP contribution in [0, 0.1) is 23.5 Å². The average molecular weight is 479 g/mol. The SMILES string of the molecule is CCOC1=CC(C(C)C)=CC=C(N2CCN(C(c3ccc(F)cc3)c3ccc(F)cc3)CC2)C1C. The lowest BCUT2D eigenvalue weighted by Crippen LogP contribution is -2.48. The van der Waals surface area contributed by atoms with E-state index in [1.807, 2.05) is 31.2 Å². The van der Waals surface area contributed by atoms with E-state index in [2.05, 4.69) is 48.8 Å². The van der Waals surface area contributed by atoms with Crippen LogP contribution >= 0.6 is 0 Å². The number of rotatable bonds is 7. The van der Waals surface area contributed by atoms with Crippen molar-refractivity contribution < 1.29 is 13.5 Å². The molecular formula is C30H36F2N2O. The lowest BCUT2D eigenvalue weighted by molar-refractivity contribution is 0.118. The molecule has 186 valence electrons. The zero-order valence-electron chi connectivity index (χ0n) is 21.2. The first kappa shape index (κ1) is 25.2. The molecule has 3 nitrogen and oxygen atoms in total. The highest BCUT2D eigenvalue weighted by atomic mass is 19.1. The Morgan fingerprint density at radius 1 is 0.857 bits per heavy atom. The molecule has 0 radical (unpaired) electrons.